The van der Waals surface area contributed by atoms with E-state index >= 15 is 0 Å². The van der Waals surface area contributed by atoms with Gasteiger partial charge in [0.1, 0.15) is 12.4 Å². The normalized spacial score (nSPS) is 18.2. The van der Waals surface area contributed by atoms with E-state index in [-0.39, 0.29) is 6.10 Å². The van der Waals surface area contributed by atoms with Crippen LogP contribution in [0.1, 0.15) is 30.1 Å². The Hall–Kier alpha value is -1.97. The van der Waals surface area contributed by atoms with Crippen molar-refractivity contribution in [1.29, 1.82) is 0 Å². The SMILES string of the molecule is Fc1cc(OC2CCCc3ccccc32)ncn1. The van der Waals surface area contributed by atoms with Crippen molar-refractivity contribution in [3.05, 3.63) is 53.7 Å². The molecule has 0 saturated heterocycles. The van der Waals surface area contributed by atoms with E-state index in [0.29, 0.717) is 5.88 Å². The maximum Gasteiger partial charge on any atom is 0.219 e. The third-order valence-electron chi connectivity index (χ3n) is 3.19. The van der Waals surface area contributed by atoms with Gasteiger partial charge in [-0.25, -0.2) is 9.97 Å². The zero-order valence-electron chi connectivity index (χ0n) is 9.84. The number of ether oxygens (including phenoxy) is 1. The molecule has 92 valence electrons. The fourth-order valence-electron chi connectivity index (χ4n) is 2.36. The van der Waals surface area contributed by atoms with Gasteiger partial charge in [-0.15, -0.1) is 0 Å². The van der Waals surface area contributed by atoms with Gasteiger partial charge in [0.25, 0.3) is 0 Å². The van der Waals surface area contributed by atoms with Gasteiger partial charge in [0.05, 0.1) is 6.07 Å². The van der Waals surface area contributed by atoms with Crippen molar-refractivity contribution in [2.45, 2.75) is 25.4 Å². The zero-order valence-corrected chi connectivity index (χ0v) is 9.84. The predicted molar refractivity (Wildman–Crippen MR) is 64.7 cm³/mol. The second kappa shape index (κ2) is 4.72. The van der Waals surface area contributed by atoms with Crippen LogP contribution < -0.4 is 4.74 Å². The standard InChI is InChI=1S/C14H13FN2O/c15-13-8-14(17-9-16-13)18-12-7-3-5-10-4-1-2-6-11(10)12/h1-2,4,6,8-9,12H,3,5,7H2. The molecule has 1 aliphatic rings. The lowest BCUT2D eigenvalue weighted by Crippen LogP contribution is -2.15. The molecule has 1 atom stereocenters. The highest BCUT2D eigenvalue weighted by Gasteiger charge is 2.21. The lowest BCUT2D eigenvalue weighted by Gasteiger charge is -2.25. The molecule has 0 saturated carbocycles. The first-order chi connectivity index (χ1) is 8.83. The maximum absolute atomic E-state index is 13.0. The first kappa shape index (κ1) is 11.1. The van der Waals surface area contributed by atoms with Crippen molar-refractivity contribution in [2.75, 3.05) is 0 Å². The smallest absolute Gasteiger partial charge is 0.219 e. The number of hydrogen-bond donors (Lipinski definition) is 0. The molecule has 0 aliphatic heterocycles. The highest BCUT2D eigenvalue weighted by Crippen LogP contribution is 2.32. The van der Waals surface area contributed by atoms with Crippen molar-refractivity contribution >= 4 is 0 Å². The van der Waals surface area contributed by atoms with Crippen LogP contribution in [-0.4, -0.2) is 9.97 Å². The average molecular weight is 244 g/mol. The van der Waals surface area contributed by atoms with Crippen LogP contribution in [0.4, 0.5) is 4.39 Å². The molecule has 2 aromatic rings. The molecule has 18 heavy (non-hydrogen) atoms. The fourth-order valence-corrected chi connectivity index (χ4v) is 2.36. The molecule has 4 heteroatoms. The molecular formula is C14H13FN2O. The molecular weight excluding hydrogens is 231 g/mol. The van der Waals surface area contributed by atoms with Gasteiger partial charge in [-0.3, -0.25) is 0 Å². The summed E-state index contributed by atoms with van der Waals surface area (Å²) in [5, 5.41) is 0. The van der Waals surface area contributed by atoms with Gasteiger partial charge in [0.15, 0.2) is 0 Å². The minimum absolute atomic E-state index is 0.0377. The Morgan fingerprint density at radius 1 is 1.22 bits per heavy atom. The molecule has 1 aliphatic carbocycles. The monoisotopic (exact) mass is 244 g/mol. The Kier molecular flexibility index (Phi) is 2.92. The van der Waals surface area contributed by atoms with Crippen LogP contribution in [-0.2, 0) is 6.42 Å². The number of fused-ring (bicyclic) bond motifs is 1. The average Bonchev–Trinajstić information content (AvgIpc) is 2.39. The van der Waals surface area contributed by atoms with Crippen LogP contribution in [0.5, 0.6) is 5.88 Å². The van der Waals surface area contributed by atoms with Gasteiger partial charge < -0.3 is 4.74 Å². The van der Waals surface area contributed by atoms with E-state index in [0.717, 1.165) is 19.3 Å². The van der Waals surface area contributed by atoms with Crippen molar-refractivity contribution < 1.29 is 9.13 Å². The second-order valence-corrected chi connectivity index (χ2v) is 4.38. The van der Waals surface area contributed by atoms with Crippen molar-refractivity contribution in [3.63, 3.8) is 0 Å². The van der Waals surface area contributed by atoms with E-state index < -0.39 is 5.95 Å². The molecule has 1 aromatic carbocycles. The van der Waals surface area contributed by atoms with Gasteiger partial charge in [0, 0.05) is 0 Å². The van der Waals surface area contributed by atoms with Gasteiger partial charge in [-0.05, 0) is 30.4 Å². The predicted octanol–water partition coefficient (Wildman–Crippen LogP) is 3.07. The first-order valence-corrected chi connectivity index (χ1v) is 6.05. The van der Waals surface area contributed by atoms with Gasteiger partial charge in [-0.1, -0.05) is 24.3 Å². The van der Waals surface area contributed by atoms with Gasteiger partial charge in [0.2, 0.25) is 11.8 Å². The molecule has 0 radical (unpaired) electrons. The van der Waals surface area contributed by atoms with Crippen molar-refractivity contribution in [1.82, 2.24) is 9.97 Å². The number of hydrogen-bond acceptors (Lipinski definition) is 3. The quantitative estimate of drug-likeness (QED) is 0.761. The summed E-state index contributed by atoms with van der Waals surface area (Å²) < 4.78 is 18.8. The van der Waals surface area contributed by atoms with E-state index in [4.69, 9.17) is 4.74 Å². The molecule has 0 spiro atoms. The summed E-state index contributed by atoms with van der Waals surface area (Å²) in [5.41, 5.74) is 2.49. The Bertz CT molecular complexity index is 559. The maximum atomic E-state index is 13.0. The number of aryl methyl sites for hydroxylation is 1. The van der Waals surface area contributed by atoms with E-state index in [1.807, 2.05) is 12.1 Å². The van der Waals surface area contributed by atoms with Gasteiger partial charge >= 0.3 is 0 Å². The van der Waals surface area contributed by atoms with Crippen LogP contribution in [0.25, 0.3) is 0 Å². The van der Waals surface area contributed by atoms with Crippen LogP contribution in [0.2, 0.25) is 0 Å². The van der Waals surface area contributed by atoms with Crippen LogP contribution >= 0.6 is 0 Å². The highest BCUT2D eigenvalue weighted by atomic mass is 19.1. The Balaban J connectivity index is 1.86. The van der Waals surface area contributed by atoms with Gasteiger partial charge in [-0.2, -0.15) is 4.39 Å². The topological polar surface area (TPSA) is 35.0 Å². The first-order valence-electron chi connectivity index (χ1n) is 6.05. The van der Waals surface area contributed by atoms with Crippen LogP contribution in [0, 0.1) is 5.95 Å². The summed E-state index contributed by atoms with van der Waals surface area (Å²) in [4.78, 5) is 7.35. The fraction of sp³-hybridized carbons (Fsp3) is 0.286. The molecule has 1 heterocycles. The summed E-state index contributed by atoms with van der Waals surface area (Å²) in [6.07, 6.45) is 4.23. The van der Waals surface area contributed by atoms with E-state index in [2.05, 4.69) is 22.1 Å². The number of rotatable bonds is 2. The number of aromatic nitrogens is 2. The largest absolute Gasteiger partial charge is 0.469 e. The number of halogens is 1. The number of nitrogens with zero attached hydrogens (tertiary/aromatic N) is 2. The minimum Gasteiger partial charge on any atom is -0.469 e. The summed E-state index contributed by atoms with van der Waals surface area (Å²) in [5.74, 6) is -0.270. The Morgan fingerprint density at radius 3 is 3.00 bits per heavy atom. The zero-order chi connectivity index (χ0) is 12.4. The van der Waals surface area contributed by atoms with E-state index in [1.165, 1.54) is 23.5 Å². The lowest BCUT2D eigenvalue weighted by molar-refractivity contribution is 0.174. The van der Waals surface area contributed by atoms with Crippen molar-refractivity contribution in [3.8, 4) is 5.88 Å². The van der Waals surface area contributed by atoms with E-state index in [9.17, 15) is 4.39 Å². The highest BCUT2D eigenvalue weighted by molar-refractivity contribution is 5.32. The minimum atomic E-state index is -0.566. The molecule has 1 aromatic heterocycles. The third kappa shape index (κ3) is 2.18. The Labute approximate surface area is 105 Å². The molecule has 1 unspecified atom stereocenters. The van der Waals surface area contributed by atoms with E-state index in [1.54, 1.807) is 0 Å². The Morgan fingerprint density at radius 2 is 2.11 bits per heavy atom. The summed E-state index contributed by atoms with van der Waals surface area (Å²) in [6.45, 7) is 0. The van der Waals surface area contributed by atoms with Crippen LogP contribution in [0.3, 0.4) is 0 Å². The molecule has 3 rings (SSSR count). The van der Waals surface area contributed by atoms with Crippen molar-refractivity contribution in [2.24, 2.45) is 0 Å². The summed E-state index contributed by atoms with van der Waals surface area (Å²) in [6, 6.07) is 9.44. The summed E-state index contributed by atoms with van der Waals surface area (Å²) >= 11 is 0. The molecule has 0 N–H and O–H groups in total. The lowest BCUT2D eigenvalue weighted by atomic mass is 9.89. The molecule has 0 amide bonds. The summed E-state index contributed by atoms with van der Waals surface area (Å²) in [7, 11) is 0. The third-order valence-corrected chi connectivity index (χ3v) is 3.19. The molecule has 0 bridgehead atoms. The number of benzene rings is 1. The molecule has 3 nitrogen and oxygen atoms in total. The molecule has 0 fully saturated rings. The van der Waals surface area contributed by atoms with Crippen LogP contribution in [0.15, 0.2) is 36.7 Å². The second-order valence-electron chi connectivity index (χ2n) is 4.38.